The Hall–Kier alpha value is -0.450. The third-order valence-electron chi connectivity index (χ3n) is 3.72. The van der Waals surface area contributed by atoms with E-state index in [0.717, 1.165) is 18.5 Å². The molecule has 0 spiro atoms. The molecule has 0 unspecified atom stereocenters. The van der Waals surface area contributed by atoms with Crippen molar-refractivity contribution in [3.63, 3.8) is 0 Å². The smallest absolute Gasteiger partial charge is 0.0897 e. The zero-order chi connectivity index (χ0) is 11.0. The second kappa shape index (κ2) is 4.43. The maximum atomic E-state index is 4.33. The fourth-order valence-electron chi connectivity index (χ4n) is 2.96. The van der Waals surface area contributed by atoms with Gasteiger partial charge in [-0.3, -0.25) is 4.90 Å². The fraction of sp³-hybridized carbons (Fsp3) is 0.750. The molecule has 0 amide bonds. The molecule has 2 atom stereocenters. The van der Waals surface area contributed by atoms with Gasteiger partial charge in [-0.25, -0.2) is 4.98 Å². The summed E-state index contributed by atoms with van der Waals surface area (Å²) in [6.45, 7) is 6.89. The van der Waals surface area contributed by atoms with E-state index in [1.54, 1.807) is 0 Å². The van der Waals surface area contributed by atoms with Crippen LogP contribution in [0.4, 0.5) is 0 Å². The monoisotopic (exact) mass is 237 g/mol. The minimum absolute atomic E-state index is 0.753. The molecular formula is C12H19N3S. The molecule has 1 N–H and O–H groups in total. The molecule has 3 rings (SSSR count). The standard InChI is InChI=1S/C12H19N3S/c1-9-14-5-11(16-9)7-15-6-10-3-2-4-13-12(10)8-15/h5,10,12-13H,2-4,6-8H2,1H3/t10-,12+/m0/s1. The molecule has 1 aromatic rings. The third kappa shape index (κ3) is 2.14. The van der Waals surface area contributed by atoms with Gasteiger partial charge in [0.2, 0.25) is 0 Å². The molecule has 0 aliphatic carbocycles. The quantitative estimate of drug-likeness (QED) is 0.847. The molecule has 0 saturated carbocycles. The molecule has 3 heterocycles. The van der Waals surface area contributed by atoms with Crippen LogP contribution < -0.4 is 5.32 Å². The number of fused-ring (bicyclic) bond motifs is 1. The number of thiazole rings is 1. The lowest BCUT2D eigenvalue weighted by Gasteiger charge is -2.24. The number of rotatable bonds is 2. The van der Waals surface area contributed by atoms with Crippen LogP contribution in [0.15, 0.2) is 6.20 Å². The highest BCUT2D eigenvalue weighted by molar-refractivity contribution is 7.11. The maximum Gasteiger partial charge on any atom is 0.0897 e. The average molecular weight is 237 g/mol. The molecular weight excluding hydrogens is 218 g/mol. The Kier molecular flexibility index (Phi) is 2.96. The summed E-state index contributed by atoms with van der Waals surface area (Å²) >= 11 is 1.83. The van der Waals surface area contributed by atoms with E-state index < -0.39 is 0 Å². The van der Waals surface area contributed by atoms with Crippen molar-refractivity contribution in [2.24, 2.45) is 5.92 Å². The number of nitrogens with one attached hydrogen (secondary N) is 1. The van der Waals surface area contributed by atoms with Crippen LogP contribution in [0.1, 0.15) is 22.7 Å². The molecule has 0 bridgehead atoms. The first-order valence-corrected chi connectivity index (χ1v) is 7.00. The van der Waals surface area contributed by atoms with Crippen molar-refractivity contribution >= 4 is 11.3 Å². The summed E-state index contributed by atoms with van der Waals surface area (Å²) in [5, 5.41) is 4.83. The van der Waals surface area contributed by atoms with Crippen LogP contribution in [-0.4, -0.2) is 35.6 Å². The van der Waals surface area contributed by atoms with Crippen molar-refractivity contribution in [1.29, 1.82) is 0 Å². The lowest BCUT2D eigenvalue weighted by atomic mass is 9.94. The van der Waals surface area contributed by atoms with E-state index in [2.05, 4.69) is 22.1 Å². The van der Waals surface area contributed by atoms with Crippen molar-refractivity contribution in [1.82, 2.24) is 15.2 Å². The Bertz CT molecular complexity index is 349. The Morgan fingerprint density at radius 1 is 1.56 bits per heavy atom. The summed E-state index contributed by atoms with van der Waals surface area (Å²) in [5.74, 6) is 0.891. The zero-order valence-corrected chi connectivity index (χ0v) is 10.6. The van der Waals surface area contributed by atoms with Crippen molar-refractivity contribution in [3.05, 3.63) is 16.1 Å². The highest BCUT2D eigenvalue weighted by atomic mass is 32.1. The summed E-state index contributed by atoms with van der Waals surface area (Å²) < 4.78 is 0. The lowest BCUT2D eigenvalue weighted by Crippen LogP contribution is -2.40. The number of hydrogen-bond donors (Lipinski definition) is 1. The minimum atomic E-state index is 0.753. The summed E-state index contributed by atoms with van der Waals surface area (Å²) in [5.41, 5.74) is 0. The van der Waals surface area contributed by atoms with Gasteiger partial charge in [0.1, 0.15) is 0 Å². The maximum absolute atomic E-state index is 4.33. The number of aromatic nitrogens is 1. The molecule has 4 heteroatoms. The predicted molar refractivity (Wildman–Crippen MR) is 66.6 cm³/mol. The first-order valence-electron chi connectivity index (χ1n) is 6.18. The molecule has 0 radical (unpaired) electrons. The number of piperidine rings is 1. The molecule has 2 aliphatic heterocycles. The first-order chi connectivity index (χ1) is 7.81. The van der Waals surface area contributed by atoms with E-state index >= 15 is 0 Å². The van der Waals surface area contributed by atoms with Gasteiger partial charge in [0.15, 0.2) is 0 Å². The second-order valence-electron chi connectivity index (χ2n) is 5.00. The first kappa shape index (κ1) is 10.7. The number of likely N-dealkylation sites (tertiary alicyclic amines) is 1. The van der Waals surface area contributed by atoms with E-state index in [9.17, 15) is 0 Å². The SMILES string of the molecule is Cc1ncc(CN2C[C@@H]3CCCN[C@@H]3C2)s1. The lowest BCUT2D eigenvalue weighted by molar-refractivity contribution is 0.315. The molecule has 2 aliphatic rings. The van der Waals surface area contributed by atoms with Gasteiger partial charge in [-0.05, 0) is 32.2 Å². The van der Waals surface area contributed by atoms with Gasteiger partial charge in [0, 0.05) is 36.8 Å². The van der Waals surface area contributed by atoms with Gasteiger partial charge >= 0.3 is 0 Å². The van der Waals surface area contributed by atoms with Gasteiger partial charge in [-0.15, -0.1) is 11.3 Å². The second-order valence-corrected chi connectivity index (χ2v) is 6.32. The molecule has 88 valence electrons. The summed E-state index contributed by atoms with van der Waals surface area (Å²) in [4.78, 5) is 8.32. The summed E-state index contributed by atoms with van der Waals surface area (Å²) in [6.07, 6.45) is 4.81. The molecule has 2 fully saturated rings. The average Bonchev–Trinajstić information content (AvgIpc) is 2.84. The summed E-state index contributed by atoms with van der Waals surface area (Å²) in [7, 11) is 0. The van der Waals surface area contributed by atoms with Crippen LogP contribution in [-0.2, 0) is 6.54 Å². The van der Waals surface area contributed by atoms with Gasteiger partial charge in [0.05, 0.1) is 5.01 Å². The predicted octanol–water partition coefficient (Wildman–Crippen LogP) is 1.64. The summed E-state index contributed by atoms with van der Waals surface area (Å²) in [6, 6.07) is 0.753. The highest BCUT2D eigenvalue weighted by Gasteiger charge is 2.33. The van der Waals surface area contributed by atoms with E-state index in [0.29, 0.717) is 0 Å². The van der Waals surface area contributed by atoms with Gasteiger partial charge < -0.3 is 5.32 Å². The van der Waals surface area contributed by atoms with E-state index in [1.807, 2.05) is 17.5 Å². The third-order valence-corrected chi connectivity index (χ3v) is 4.62. The highest BCUT2D eigenvalue weighted by Crippen LogP contribution is 2.26. The minimum Gasteiger partial charge on any atom is -0.312 e. The topological polar surface area (TPSA) is 28.2 Å². The van der Waals surface area contributed by atoms with Crippen molar-refractivity contribution in [2.75, 3.05) is 19.6 Å². The van der Waals surface area contributed by atoms with Gasteiger partial charge in [0.25, 0.3) is 0 Å². The normalized spacial score (nSPS) is 30.6. The fourth-order valence-corrected chi connectivity index (χ4v) is 3.80. The van der Waals surface area contributed by atoms with Crippen LogP contribution in [0.2, 0.25) is 0 Å². The van der Waals surface area contributed by atoms with E-state index in [-0.39, 0.29) is 0 Å². The van der Waals surface area contributed by atoms with E-state index in [4.69, 9.17) is 0 Å². The van der Waals surface area contributed by atoms with Crippen molar-refractivity contribution in [2.45, 2.75) is 32.4 Å². The molecule has 1 aromatic heterocycles. The molecule has 3 nitrogen and oxygen atoms in total. The Morgan fingerprint density at radius 3 is 3.25 bits per heavy atom. The Labute approximate surface area is 101 Å². The molecule has 16 heavy (non-hydrogen) atoms. The molecule has 0 aromatic carbocycles. The van der Waals surface area contributed by atoms with Crippen LogP contribution in [0.25, 0.3) is 0 Å². The van der Waals surface area contributed by atoms with Crippen LogP contribution in [0, 0.1) is 12.8 Å². The zero-order valence-electron chi connectivity index (χ0n) is 9.78. The van der Waals surface area contributed by atoms with E-state index in [1.165, 1.54) is 42.4 Å². The van der Waals surface area contributed by atoms with Crippen molar-refractivity contribution < 1.29 is 0 Å². The van der Waals surface area contributed by atoms with Gasteiger partial charge in [-0.2, -0.15) is 0 Å². The van der Waals surface area contributed by atoms with Crippen LogP contribution in [0.5, 0.6) is 0 Å². The Balaban J connectivity index is 1.61. The number of aryl methyl sites for hydroxylation is 1. The Morgan fingerprint density at radius 2 is 2.50 bits per heavy atom. The van der Waals surface area contributed by atoms with Crippen molar-refractivity contribution in [3.8, 4) is 0 Å². The van der Waals surface area contributed by atoms with Crippen LogP contribution >= 0.6 is 11.3 Å². The van der Waals surface area contributed by atoms with Gasteiger partial charge in [-0.1, -0.05) is 0 Å². The largest absolute Gasteiger partial charge is 0.312 e. The number of hydrogen-bond acceptors (Lipinski definition) is 4. The van der Waals surface area contributed by atoms with Crippen LogP contribution in [0.3, 0.4) is 0 Å². The molecule has 2 saturated heterocycles. The number of nitrogens with zero attached hydrogens (tertiary/aromatic N) is 2.